The van der Waals surface area contributed by atoms with E-state index < -0.39 is 29.1 Å². The highest BCUT2D eigenvalue weighted by Crippen LogP contribution is 2.24. The average Bonchev–Trinajstić information content (AvgIpc) is 2.93. The SMILES string of the molecule is Cc1ccc(N2CC[C@H](NC(=O)c3cc(F)ccc3F)C2=O)cc1C. The van der Waals surface area contributed by atoms with Gasteiger partial charge in [0.05, 0.1) is 5.56 Å². The lowest BCUT2D eigenvalue weighted by Gasteiger charge is -2.18. The van der Waals surface area contributed by atoms with Crippen LogP contribution >= 0.6 is 0 Å². The number of nitrogens with zero attached hydrogens (tertiary/aromatic N) is 1. The van der Waals surface area contributed by atoms with E-state index in [1.165, 1.54) is 0 Å². The van der Waals surface area contributed by atoms with Crippen LogP contribution in [-0.4, -0.2) is 24.4 Å². The molecule has 1 fully saturated rings. The van der Waals surface area contributed by atoms with Gasteiger partial charge >= 0.3 is 0 Å². The first-order valence-corrected chi connectivity index (χ1v) is 8.01. The van der Waals surface area contributed by atoms with Gasteiger partial charge in [-0.2, -0.15) is 0 Å². The molecule has 1 aliphatic heterocycles. The lowest BCUT2D eigenvalue weighted by atomic mass is 10.1. The summed E-state index contributed by atoms with van der Waals surface area (Å²) in [7, 11) is 0. The Morgan fingerprint density at radius 3 is 2.60 bits per heavy atom. The van der Waals surface area contributed by atoms with E-state index in [9.17, 15) is 18.4 Å². The van der Waals surface area contributed by atoms with Gasteiger partial charge in [-0.15, -0.1) is 0 Å². The molecule has 2 aromatic carbocycles. The van der Waals surface area contributed by atoms with E-state index in [2.05, 4.69) is 5.32 Å². The number of halogens is 2. The van der Waals surface area contributed by atoms with E-state index in [0.717, 1.165) is 35.0 Å². The smallest absolute Gasteiger partial charge is 0.255 e. The van der Waals surface area contributed by atoms with Gasteiger partial charge in [-0.05, 0) is 61.7 Å². The molecular formula is C19H18F2N2O2. The highest BCUT2D eigenvalue weighted by molar-refractivity contribution is 6.04. The van der Waals surface area contributed by atoms with Crippen LogP contribution in [0.15, 0.2) is 36.4 Å². The van der Waals surface area contributed by atoms with Crippen LogP contribution in [0, 0.1) is 25.5 Å². The van der Waals surface area contributed by atoms with Crippen molar-refractivity contribution in [1.82, 2.24) is 5.32 Å². The molecule has 25 heavy (non-hydrogen) atoms. The number of anilines is 1. The maximum absolute atomic E-state index is 13.7. The van der Waals surface area contributed by atoms with Crippen LogP contribution in [0.3, 0.4) is 0 Å². The van der Waals surface area contributed by atoms with Crippen molar-refractivity contribution in [2.75, 3.05) is 11.4 Å². The van der Waals surface area contributed by atoms with Crippen LogP contribution in [-0.2, 0) is 4.79 Å². The highest BCUT2D eigenvalue weighted by atomic mass is 19.1. The molecule has 1 heterocycles. The maximum atomic E-state index is 13.7. The molecule has 2 amide bonds. The van der Waals surface area contributed by atoms with Crippen LogP contribution < -0.4 is 10.2 Å². The lowest BCUT2D eigenvalue weighted by molar-refractivity contribution is -0.118. The van der Waals surface area contributed by atoms with E-state index in [0.29, 0.717) is 13.0 Å². The van der Waals surface area contributed by atoms with E-state index in [1.54, 1.807) is 4.90 Å². The molecule has 0 saturated carbocycles. The van der Waals surface area contributed by atoms with Crippen molar-refractivity contribution in [2.45, 2.75) is 26.3 Å². The minimum absolute atomic E-state index is 0.256. The second-order valence-electron chi connectivity index (χ2n) is 6.20. The molecule has 2 aromatic rings. The quantitative estimate of drug-likeness (QED) is 0.930. The van der Waals surface area contributed by atoms with Gasteiger partial charge in [0.2, 0.25) is 5.91 Å². The molecule has 0 unspecified atom stereocenters. The van der Waals surface area contributed by atoms with Gasteiger partial charge in [0.25, 0.3) is 5.91 Å². The first-order chi connectivity index (χ1) is 11.9. The molecule has 6 heteroatoms. The Morgan fingerprint density at radius 2 is 1.88 bits per heavy atom. The van der Waals surface area contributed by atoms with Gasteiger partial charge in [-0.1, -0.05) is 6.07 Å². The molecule has 0 aromatic heterocycles. The Labute approximate surface area is 144 Å². The predicted molar refractivity (Wildman–Crippen MR) is 90.5 cm³/mol. The van der Waals surface area contributed by atoms with Gasteiger partial charge in [0, 0.05) is 12.2 Å². The minimum atomic E-state index is -0.824. The lowest BCUT2D eigenvalue weighted by Crippen LogP contribution is -2.41. The van der Waals surface area contributed by atoms with Crippen molar-refractivity contribution >= 4 is 17.5 Å². The van der Waals surface area contributed by atoms with Crippen molar-refractivity contribution in [3.05, 3.63) is 64.7 Å². The van der Waals surface area contributed by atoms with Crippen molar-refractivity contribution < 1.29 is 18.4 Å². The maximum Gasteiger partial charge on any atom is 0.255 e. The fourth-order valence-electron chi connectivity index (χ4n) is 2.87. The van der Waals surface area contributed by atoms with Crippen LogP contribution in [0.2, 0.25) is 0 Å². The molecule has 0 bridgehead atoms. The molecule has 4 nitrogen and oxygen atoms in total. The molecular weight excluding hydrogens is 326 g/mol. The Kier molecular flexibility index (Phi) is 4.53. The topological polar surface area (TPSA) is 49.4 Å². The van der Waals surface area contributed by atoms with Crippen LogP contribution in [0.4, 0.5) is 14.5 Å². The first-order valence-electron chi connectivity index (χ1n) is 8.01. The second kappa shape index (κ2) is 6.63. The summed E-state index contributed by atoms with van der Waals surface area (Å²) in [4.78, 5) is 26.3. The zero-order valence-electron chi connectivity index (χ0n) is 14.0. The fraction of sp³-hybridized carbons (Fsp3) is 0.263. The van der Waals surface area contributed by atoms with E-state index in [4.69, 9.17) is 0 Å². The van der Waals surface area contributed by atoms with Crippen molar-refractivity contribution in [3.63, 3.8) is 0 Å². The molecule has 0 spiro atoms. The number of carbonyl (C=O) groups excluding carboxylic acids is 2. The van der Waals surface area contributed by atoms with Crippen molar-refractivity contribution in [1.29, 1.82) is 0 Å². The molecule has 1 saturated heterocycles. The highest BCUT2D eigenvalue weighted by Gasteiger charge is 2.34. The first kappa shape index (κ1) is 17.1. The average molecular weight is 344 g/mol. The Bertz CT molecular complexity index is 851. The molecule has 0 aliphatic carbocycles. The third-order valence-electron chi connectivity index (χ3n) is 4.49. The number of hydrogen-bond donors (Lipinski definition) is 1. The third kappa shape index (κ3) is 3.38. The number of aryl methyl sites for hydroxylation is 2. The molecule has 0 radical (unpaired) electrons. The van der Waals surface area contributed by atoms with Crippen molar-refractivity contribution in [2.24, 2.45) is 0 Å². The largest absolute Gasteiger partial charge is 0.340 e. The number of benzene rings is 2. The van der Waals surface area contributed by atoms with Crippen LogP contribution in [0.5, 0.6) is 0 Å². The summed E-state index contributed by atoms with van der Waals surface area (Å²) in [5.74, 6) is -2.58. The van der Waals surface area contributed by atoms with Gasteiger partial charge < -0.3 is 10.2 Å². The predicted octanol–water partition coefficient (Wildman–Crippen LogP) is 3.12. The van der Waals surface area contributed by atoms with Crippen LogP contribution in [0.1, 0.15) is 27.9 Å². The molecule has 1 N–H and O–H groups in total. The van der Waals surface area contributed by atoms with E-state index in [1.807, 2.05) is 32.0 Å². The molecule has 3 rings (SSSR count). The van der Waals surface area contributed by atoms with Gasteiger partial charge in [0.1, 0.15) is 17.7 Å². The Hall–Kier alpha value is -2.76. The Balaban J connectivity index is 1.74. The molecule has 130 valence electrons. The summed E-state index contributed by atoms with van der Waals surface area (Å²) < 4.78 is 26.9. The number of nitrogens with one attached hydrogen (secondary N) is 1. The van der Waals surface area contributed by atoms with Gasteiger partial charge in [0.15, 0.2) is 0 Å². The fourth-order valence-corrected chi connectivity index (χ4v) is 2.87. The standard InChI is InChI=1S/C19H18F2N2O2/c1-11-3-5-14(9-12(11)2)23-8-7-17(19(23)25)22-18(24)15-10-13(20)4-6-16(15)21/h3-6,9-10,17H,7-8H2,1-2H3,(H,22,24)/t17-/m0/s1. The summed E-state index contributed by atoms with van der Waals surface area (Å²) in [6.07, 6.45) is 0.411. The summed E-state index contributed by atoms with van der Waals surface area (Å²) in [5, 5.41) is 2.50. The molecule has 1 aliphatic rings. The van der Waals surface area contributed by atoms with Crippen LogP contribution in [0.25, 0.3) is 0 Å². The number of carbonyl (C=O) groups is 2. The monoisotopic (exact) mass is 344 g/mol. The van der Waals surface area contributed by atoms with Gasteiger partial charge in [-0.3, -0.25) is 9.59 Å². The summed E-state index contributed by atoms with van der Waals surface area (Å²) in [6.45, 7) is 4.41. The number of amides is 2. The normalized spacial score (nSPS) is 17.0. The van der Waals surface area contributed by atoms with E-state index in [-0.39, 0.29) is 5.91 Å². The summed E-state index contributed by atoms with van der Waals surface area (Å²) in [5.41, 5.74) is 2.56. The Morgan fingerprint density at radius 1 is 1.12 bits per heavy atom. The summed E-state index contributed by atoms with van der Waals surface area (Å²) in [6, 6.07) is 7.62. The molecule has 1 atom stereocenters. The minimum Gasteiger partial charge on any atom is -0.340 e. The van der Waals surface area contributed by atoms with E-state index >= 15 is 0 Å². The number of hydrogen-bond acceptors (Lipinski definition) is 2. The zero-order valence-corrected chi connectivity index (χ0v) is 14.0. The summed E-state index contributed by atoms with van der Waals surface area (Å²) >= 11 is 0. The zero-order chi connectivity index (χ0) is 18.1. The van der Waals surface area contributed by atoms with Gasteiger partial charge in [-0.25, -0.2) is 8.78 Å². The van der Waals surface area contributed by atoms with Crippen molar-refractivity contribution in [3.8, 4) is 0 Å². The second-order valence-corrected chi connectivity index (χ2v) is 6.20. The number of rotatable bonds is 3. The third-order valence-corrected chi connectivity index (χ3v) is 4.49.